The first-order chi connectivity index (χ1) is 14.8. The third-order valence-corrected chi connectivity index (χ3v) is 6.05. The molecule has 0 spiro atoms. The van der Waals surface area contributed by atoms with Crippen LogP contribution in [0.15, 0.2) is 57.9 Å². The Labute approximate surface area is 182 Å². The fourth-order valence-electron chi connectivity index (χ4n) is 2.82. The smallest absolute Gasteiger partial charge is 0.261 e. The molecule has 0 atom stereocenters. The SMILES string of the molecule is Cc1ccccc1NS(=O)(=O)c1ccc(C(=O)NCCCc2nc(C(C)C)no2)cc1. The van der Waals surface area contributed by atoms with Crippen LogP contribution in [0.2, 0.25) is 0 Å². The predicted molar refractivity (Wildman–Crippen MR) is 117 cm³/mol. The van der Waals surface area contributed by atoms with E-state index in [2.05, 4.69) is 20.2 Å². The van der Waals surface area contributed by atoms with Crippen molar-refractivity contribution in [2.24, 2.45) is 0 Å². The van der Waals surface area contributed by atoms with Crippen LogP contribution in [-0.2, 0) is 16.4 Å². The van der Waals surface area contributed by atoms with Crippen LogP contribution in [0.5, 0.6) is 0 Å². The number of carbonyl (C=O) groups is 1. The summed E-state index contributed by atoms with van der Waals surface area (Å²) in [4.78, 5) is 16.7. The van der Waals surface area contributed by atoms with Gasteiger partial charge in [-0.3, -0.25) is 9.52 Å². The molecule has 8 nitrogen and oxygen atoms in total. The van der Waals surface area contributed by atoms with Gasteiger partial charge in [0, 0.05) is 24.4 Å². The van der Waals surface area contributed by atoms with Crippen LogP contribution < -0.4 is 10.0 Å². The Morgan fingerprint density at radius 3 is 2.45 bits per heavy atom. The van der Waals surface area contributed by atoms with Crippen molar-refractivity contribution in [2.45, 2.75) is 44.4 Å². The van der Waals surface area contributed by atoms with Gasteiger partial charge in [0.15, 0.2) is 5.82 Å². The number of hydrogen-bond donors (Lipinski definition) is 2. The van der Waals surface area contributed by atoms with Gasteiger partial charge in [-0.1, -0.05) is 37.2 Å². The zero-order valence-corrected chi connectivity index (χ0v) is 18.6. The van der Waals surface area contributed by atoms with Crippen molar-refractivity contribution >= 4 is 21.6 Å². The number of anilines is 1. The highest BCUT2D eigenvalue weighted by molar-refractivity contribution is 7.92. The highest BCUT2D eigenvalue weighted by Gasteiger charge is 2.16. The molecular weight excluding hydrogens is 416 g/mol. The summed E-state index contributed by atoms with van der Waals surface area (Å²) in [5, 5.41) is 6.72. The van der Waals surface area contributed by atoms with Crippen molar-refractivity contribution in [3.63, 3.8) is 0 Å². The lowest BCUT2D eigenvalue weighted by atomic mass is 10.2. The summed E-state index contributed by atoms with van der Waals surface area (Å²) < 4.78 is 32.9. The number of hydrogen-bond acceptors (Lipinski definition) is 6. The zero-order chi connectivity index (χ0) is 22.4. The van der Waals surface area contributed by atoms with Gasteiger partial charge in [0.1, 0.15) is 0 Å². The van der Waals surface area contributed by atoms with Crippen molar-refractivity contribution in [1.29, 1.82) is 0 Å². The van der Waals surface area contributed by atoms with Gasteiger partial charge in [0.05, 0.1) is 10.6 Å². The quantitative estimate of drug-likeness (QED) is 0.489. The third kappa shape index (κ3) is 5.91. The van der Waals surface area contributed by atoms with Crippen LogP contribution in [0, 0.1) is 6.92 Å². The summed E-state index contributed by atoms with van der Waals surface area (Å²) in [6.45, 7) is 6.24. The maximum atomic E-state index is 12.6. The molecule has 1 heterocycles. The first-order valence-electron chi connectivity index (χ1n) is 10.1. The number of rotatable bonds is 9. The van der Waals surface area contributed by atoms with Gasteiger partial charge in [-0.05, 0) is 49.2 Å². The van der Waals surface area contributed by atoms with E-state index in [9.17, 15) is 13.2 Å². The number of benzene rings is 2. The van der Waals surface area contributed by atoms with Gasteiger partial charge < -0.3 is 9.84 Å². The standard InChI is InChI=1S/C22H26N4O4S/c1-15(2)21-24-20(30-25-21)9-6-14-23-22(27)17-10-12-18(13-11-17)31(28,29)26-19-8-5-4-7-16(19)3/h4-5,7-8,10-13,15,26H,6,9,14H2,1-3H3,(H,23,27). The molecule has 0 fully saturated rings. The Kier molecular flexibility index (Phi) is 7.06. The van der Waals surface area contributed by atoms with E-state index in [1.165, 1.54) is 24.3 Å². The minimum Gasteiger partial charge on any atom is -0.352 e. The molecule has 0 aliphatic rings. The number of carbonyl (C=O) groups excluding carboxylic acids is 1. The van der Waals surface area contributed by atoms with Crippen molar-refractivity contribution < 1.29 is 17.7 Å². The van der Waals surface area contributed by atoms with E-state index in [0.717, 1.165) is 5.56 Å². The first kappa shape index (κ1) is 22.5. The number of amides is 1. The molecule has 164 valence electrons. The van der Waals surface area contributed by atoms with Gasteiger partial charge in [-0.15, -0.1) is 0 Å². The van der Waals surface area contributed by atoms with Crippen LogP contribution in [0.1, 0.15) is 53.8 Å². The minimum atomic E-state index is -3.74. The van der Waals surface area contributed by atoms with Crippen LogP contribution in [-0.4, -0.2) is 31.0 Å². The van der Waals surface area contributed by atoms with Crippen molar-refractivity contribution in [3.8, 4) is 0 Å². The number of nitrogens with one attached hydrogen (secondary N) is 2. The number of sulfonamides is 1. The van der Waals surface area contributed by atoms with Gasteiger partial charge in [0.25, 0.3) is 15.9 Å². The van der Waals surface area contributed by atoms with Gasteiger partial charge >= 0.3 is 0 Å². The molecule has 0 saturated carbocycles. The lowest BCUT2D eigenvalue weighted by Crippen LogP contribution is -2.25. The zero-order valence-electron chi connectivity index (χ0n) is 17.8. The Morgan fingerprint density at radius 1 is 1.10 bits per heavy atom. The fraction of sp³-hybridized carbons (Fsp3) is 0.318. The van der Waals surface area contributed by atoms with Crippen LogP contribution in [0.3, 0.4) is 0 Å². The van der Waals surface area contributed by atoms with E-state index >= 15 is 0 Å². The lowest BCUT2D eigenvalue weighted by Gasteiger charge is -2.11. The summed E-state index contributed by atoms with van der Waals surface area (Å²) in [7, 11) is -3.74. The molecule has 1 aromatic heterocycles. The second-order valence-electron chi connectivity index (χ2n) is 7.51. The van der Waals surface area contributed by atoms with E-state index in [4.69, 9.17) is 4.52 Å². The van der Waals surface area contributed by atoms with E-state index in [1.54, 1.807) is 12.1 Å². The fourth-order valence-corrected chi connectivity index (χ4v) is 3.96. The topological polar surface area (TPSA) is 114 Å². The van der Waals surface area contributed by atoms with E-state index in [0.29, 0.717) is 42.4 Å². The average molecular weight is 443 g/mol. The molecule has 0 radical (unpaired) electrons. The first-order valence-corrected chi connectivity index (χ1v) is 11.5. The Bertz CT molecular complexity index is 1140. The normalized spacial score (nSPS) is 11.5. The highest BCUT2D eigenvalue weighted by Crippen LogP contribution is 2.19. The molecule has 0 aliphatic carbocycles. The van der Waals surface area contributed by atoms with Gasteiger partial charge in [0.2, 0.25) is 5.89 Å². The predicted octanol–water partition coefficient (Wildman–Crippen LogP) is 3.66. The molecule has 0 bridgehead atoms. The summed E-state index contributed by atoms with van der Waals surface area (Å²) in [6.07, 6.45) is 1.22. The summed E-state index contributed by atoms with van der Waals surface area (Å²) in [6, 6.07) is 13.0. The molecule has 2 aromatic carbocycles. The summed E-state index contributed by atoms with van der Waals surface area (Å²) in [5.74, 6) is 1.15. The van der Waals surface area contributed by atoms with E-state index < -0.39 is 10.0 Å². The Morgan fingerprint density at radius 2 is 1.81 bits per heavy atom. The molecule has 9 heteroatoms. The second-order valence-corrected chi connectivity index (χ2v) is 9.19. The number of aryl methyl sites for hydroxylation is 2. The monoisotopic (exact) mass is 442 g/mol. The maximum absolute atomic E-state index is 12.6. The molecule has 2 N–H and O–H groups in total. The van der Waals surface area contributed by atoms with Gasteiger partial charge in [-0.2, -0.15) is 4.98 Å². The highest BCUT2D eigenvalue weighted by atomic mass is 32.2. The Hall–Kier alpha value is -3.20. The van der Waals surface area contributed by atoms with Crippen molar-refractivity contribution in [3.05, 3.63) is 71.4 Å². The molecule has 0 saturated heterocycles. The molecule has 31 heavy (non-hydrogen) atoms. The third-order valence-electron chi connectivity index (χ3n) is 4.67. The second kappa shape index (κ2) is 9.74. The molecular formula is C22H26N4O4S. The number of para-hydroxylation sites is 1. The van der Waals surface area contributed by atoms with E-state index in [-0.39, 0.29) is 16.7 Å². The Balaban J connectivity index is 1.53. The van der Waals surface area contributed by atoms with Crippen molar-refractivity contribution in [1.82, 2.24) is 15.5 Å². The average Bonchev–Trinajstić information content (AvgIpc) is 3.22. The van der Waals surface area contributed by atoms with Crippen LogP contribution in [0.25, 0.3) is 0 Å². The molecule has 1 amide bonds. The van der Waals surface area contributed by atoms with E-state index in [1.807, 2.05) is 32.9 Å². The molecule has 3 aromatic rings. The summed E-state index contributed by atoms with van der Waals surface area (Å²) >= 11 is 0. The molecule has 0 aliphatic heterocycles. The van der Waals surface area contributed by atoms with Crippen LogP contribution >= 0.6 is 0 Å². The van der Waals surface area contributed by atoms with Gasteiger partial charge in [-0.25, -0.2) is 8.42 Å². The molecule has 3 rings (SSSR count). The van der Waals surface area contributed by atoms with Crippen LogP contribution in [0.4, 0.5) is 5.69 Å². The lowest BCUT2D eigenvalue weighted by molar-refractivity contribution is 0.0953. The number of nitrogens with zero attached hydrogens (tertiary/aromatic N) is 2. The summed E-state index contributed by atoms with van der Waals surface area (Å²) in [5.41, 5.74) is 1.73. The largest absolute Gasteiger partial charge is 0.352 e. The van der Waals surface area contributed by atoms with Crippen molar-refractivity contribution in [2.75, 3.05) is 11.3 Å². The molecule has 0 unspecified atom stereocenters. The minimum absolute atomic E-state index is 0.0876. The number of aromatic nitrogens is 2. The maximum Gasteiger partial charge on any atom is 0.261 e.